The number of aryl methyl sites for hydroxylation is 1. The number of rotatable bonds is 7. The van der Waals surface area contributed by atoms with E-state index < -0.39 is 0 Å². The van der Waals surface area contributed by atoms with Crippen LogP contribution in [0, 0.1) is 0 Å². The van der Waals surface area contributed by atoms with E-state index >= 15 is 0 Å². The van der Waals surface area contributed by atoms with Crippen LogP contribution in [-0.4, -0.2) is 52.2 Å². The van der Waals surface area contributed by atoms with Crippen molar-refractivity contribution in [3.8, 4) is 0 Å². The largest absolute Gasteiger partial charge is 0.361 e. The van der Waals surface area contributed by atoms with Gasteiger partial charge in [-0.3, -0.25) is 14.9 Å². The highest BCUT2D eigenvalue weighted by Crippen LogP contribution is 2.41. The topological polar surface area (TPSA) is 70.1 Å². The number of fused-ring (bicyclic) bond motifs is 2. The highest BCUT2D eigenvalue weighted by Gasteiger charge is 2.35. The first-order valence-electron chi connectivity index (χ1n) is 12.7. The van der Waals surface area contributed by atoms with Crippen molar-refractivity contribution in [2.75, 3.05) is 25.9 Å². The lowest BCUT2D eigenvalue weighted by Gasteiger charge is -2.26. The van der Waals surface area contributed by atoms with E-state index in [9.17, 15) is 9.59 Å². The van der Waals surface area contributed by atoms with Crippen molar-refractivity contribution in [3.63, 3.8) is 0 Å². The molecule has 6 rings (SSSR count). The van der Waals surface area contributed by atoms with Gasteiger partial charge in [-0.05, 0) is 63.4 Å². The maximum atomic E-state index is 13.3. The van der Waals surface area contributed by atoms with Crippen LogP contribution in [0.15, 0.2) is 59.8 Å². The molecule has 184 valence electrons. The van der Waals surface area contributed by atoms with Crippen LogP contribution in [0.3, 0.4) is 0 Å². The number of hydrogen-bond donors (Lipinski definition) is 2. The Morgan fingerprint density at radius 2 is 1.67 bits per heavy atom. The number of H-pyrrole nitrogens is 1. The molecule has 1 fully saturated rings. The van der Waals surface area contributed by atoms with E-state index in [1.807, 2.05) is 30.5 Å². The molecule has 7 heteroatoms. The van der Waals surface area contributed by atoms with Gasteiger partial charge in [0.15, 0.2) is 0 Å². The molecule has 2 N–H and O–H groups in total. The second-order valence-electron chi connectivity index (χ2n) is 9.63. The Bertz CT molecular complexity index is 1510. The molecular weight excluding hydrogens is 468 g/mol. The molecule has 0 aliphatic carbocycles. The molecule has 0 spiro atoms. The second kappa shape index (κ2) is 9.64. The third-order valence-corrected chi connectivity index (χ3v) is 8.25. The summed E-state index contributed by atoms with van der Waals surface area (Å²) in [7, 11) is 0. The predicted octanol–water partition coefficient (Wildman–Crippen LogP) is 5.29. The quantitative estimate of drug-likeness (QED) is 0.268. The molecule has 0 saturated carbocycles. The number of benzene rings is 2. The standard InChI is InChI=1S/C29H30N4O2S/c1-36-24-12-7-11-23-25(24)21(18-33(23)16-8-15-32-13-5-2-6-14-32)27-26(28(34)31-29(27)35)20-17-30-22-10-4-3-9-19(20)22/h3-4,7,9-12,17-18,30H,2,5-6,8,13-16H2,1H3,(H,31,34,35). The number of nitrogens with one attached hydrogen (secondary N) is 2. The molecule has 4 heterocycles. The molecule has 2 aromatic carbocycles. The average molecular weight is 499 g/mol. The van der Waals surface area contributed by atoms with Crippen LogP contribution in [0.4, 0.5) is 0 Å². The lowest BCUT2D eigenvalue weighted by Crippen LogP contribution is -2.31. The Morgan fingerprint density at radius 3 is 2.47 bits per heavy atom. The molecule has 0 atom stereocenters. The predicted molar refractivity (Wildman–Crippen MR) is 147 cm³/mol. The molecule has 36 heavy (non-hydrogen) atoms. The number of likely N-dealkylation sites (tertiary alicyclic amines) is 1. The third kappa shape index (κ3) is 3.96. The number of piperidine rings is 1. The summed E-state index contributed by atoms with van der Waals surface area (Å²) in [6.07, 6.45) is 11.0. The first kappa shape index (κ1) is 23.1. The number of hydrogen-bond acceptors (Lipinski definition) is 4. The van der Waals surface area contributed by atoms with Crippen LogP contribution >= 0.6 is 11.8 Å². The molecule has 0 radical (unpaired) electrons. The fourth-order valence-corrected chi connectivity index (χ4v) is 6.39. The summed E-state index contributed by atoms with van der Waals surface area (Å²) >= 11 is 1.67. The summed E-state index contributed by atoms with van der Waals surface area (Å²) in [6.45, 7) is 4.34. The maximum Gasteiger partial charge on any atom is 0.259 e. The number of para-hydroxylation sites is 1. The van der Waals surface area contributed by atoms with E-state index in [1.165, 1.54) is 32.4 Å². The van der Waals surface area contributed by atoms with E-state index in [0.29, 0.717) is 11.1 Å². The van der Waals surface area contributed by atoms with Gasteiger partial charge in [0.05, 0.1) is 11.1 Å². The molecule has 1 saturated heterocycles. The molecule has 0 unspecified atom stereocenters. The number of nitrogens with zero attached hydrogens (tertiary/aromatic N) is 2. The summed E-state index contributed by atoms with van der Waals surface area (Å²) < 4.78 is 2.27. The van der Waals surface area contributed by atoms with Gasteiger partial charge < -0.3 is 14.5 Å². The molecule has 2 aliphatic rings. The minimum atomic E-state index is -0.340. The van der Waals surface area contributed by atoms with Gasteiger partial charge in [-0.2, -0.15) is 0 Å². The second-order valence-corrected chi connectivity index (χ2v) is 10.5. The van der Waals surface area contributed by atoms with Crippen LogP contribution < -0.4 is 5.32 Å². The van der Waals surface area contributed by atoms with Crippen molar-refractivity contribution < 1.29 is 9.59 Å². The summed E-state index contributed by atoms with van der Waals surface area (Å²) in [4.78, 5) is 33.3. The first-order chi connectivity index (χ1) is 17.7. The smallest absolute Gasteiger partial charge is 0.259 e. The van der Waals surface area contributed by atoms with Gasteiger partial charge in [0.25, 0.3) is 11.8 Å². The Balaban J connectivity index is 1.47. The van der Waals surface area contributed by atoms with Crippen LogP contribution in [0.25, 0.3) is 33.0 Å². The molecule has 2 aliphatic heterocycles. The number of thioether (sulfide) groups is 1. The van der Waals surface area contributed by atoms with Crippen molar-refractivity contribution >= 4 is 56.5 Å². The van der Waals surface area contributed by atoms with Gasteiger partial charge in [-0.1, -0.05) is 30.7 Å². The zero-order valence-electron chi connectivity index (χ0n) is 20.5. The highest BCUT2D eigenvalue weighted by atomic mass is 32.2. The average Bonchev–Trinajstić information content (AvgIpc) is 3.57. The van der Waals surface area contributed by atoms with Crippen molar-refractivity contribution in [2.45, 2.75) is 37.1 Å². The Labute approximate surface area is 214 Å². The minimum Gasteiger partial charge on any atom is -0.361 e. The van der Waals surface area contributed by atoms with Gasteiger partial charge in [-0.15, -0.1) is 11.8 Å². The summed E-state index contributed by atoms with van der Waals surface area (Å²) in [5.74, 6) is -0.670. The zero-order chi connectivity index (χ0) is 24.6. The lowest BCUT2D eigenvalue weighted by molar-refractivity contribution is -0.122. The monoisotopic (exact) mass is 498 g/mol. The molecule has 2 aromatic heterocycles. The summed E-state index contributed by atoms with van der Waals surface area (Å²) in [5, 5.41) is 4.55. The number of aromatic nitrogens is 2. The molecule has 6 nitrogen and oxygen atoms in total. The maximum absolute atomic E-state index is 13.3. The fourth-order valence-electron chi connectivity index (χ4n) is 5.76. The zero-order valence-corrected chi connectivity index (χ0v) is 21.3. The van der Waals surface area contributed by atoms with Crippen molar-refractivity contribution in [1.82, 2.24) is 19.8 Å². The summed E-state index contributed by atoms with van der Waals surface area (Å²) in [5.41, 5.74) is 4.55. The van der Waals surface area contributed by atoms with Gasteiger partial charge in [0, 0.05) is 56.8 Å². The summed E-state index contributed by atoms with van der Waals surface area (Å²) in [6, 6.07) is 14.2. The van der Waals surface area contributed by atoms with E-state index in [4.69, 9.17) is 0 Å². The number of amides is 2. The van der Waals surface area contributed by atoms with Crippen LogP contribution in [0.5, 0.6) is 0 Å². The van der Waals surface area contributed by atoms with Crippen molar-refractivity contribution in [1.29, 1.82) is 0 Å². The third-order valence-electron chi connectivity index (χ3n) is 7.47. The number of carbonyl (C=O) groups excluding carboxylic acids is 2. The SMILES string of the molecule is CSc1cccc2c1c(C1=C(c3c[nH]c4ccccc34)C(=O)NC1=O)cn2CCCN1CCCCC1. The molecular formula is C29H30N4O2S. The van der Waals surface area contributed by atoms with E-state index in [1.54, 1.807) is 11.8 Å². The molecule has 0 bridgehead atoms. The van der Waals surface area contributed by atoms with Gasteiger partial charge >= 0.3 is 0 Å². The van der Waals surface area contributed by atoms with Crippen molar-refractivity contribution in [3.05, 3.63) is 66.0 Å². The van der Waals surface area contributed by atoms with Gasteiger partial charge in [0.2, 0.25) is 0 Å². The Kier molecular flexibility index (Phi) is 6.19. The number of imide groups is 1. The minimum absolute atomic E-state index is 0.330. The fraction of sp³-hybridized carbons (Fsp3) is 0.310. The van der Waals surface area contributed by atoms with Crippen LogP contribution in [0.1, 0.15) is 36.8 Å². The van der Waals surface area contributed by atoms with Crippen molar-refractivity contribution in [2.24, 2.45) is 0 Å². The van der Waals surface area contributed by atoms with Crippen LogP contribution in [-0.2, 0) is 16.1 Å². The highest BCUT2D eigenvalue weighted by molar-refractivity contribution is 7.98. The lowest BCUT2D eigenvalue weighted by atomic mass is 9.95. The Morgan fingerprint density at radius 1 is 0.889 bits per heavy atom. The first-order valence-corrected chi connectivity index (χ1v) is 13.9. The van der Waals surface area contributed by atoms with Gasteiger partial charge in [0.1, 0.15) is 0 Å². The Hall–Kier alpha value is -3.29. The van der Waals surface area contributed by atoms with E-state index in [2.05, 4.69) is 50.4 Å². The number of aromatic amines is 1. The van der Waals surface area contributed by atoms with E-state index in [-0.39, 0.29) is 11.8 Å². The van der Waals surface area contributed by atoms with Crippen LogP contribution in [0.2, 0.25) is 0 Å². The normalized spacial score (nSPS) is 17.0. The van der Waals surface area contributed by atoms with Gasteiger partial charge in [-0.25, -0.2) is 0 Å². The molecule has 2 amide bonds. The van der Waals surface area contributed by atoms with E-state index in [0.717, 1.165) is 57.3 Å². The number of carbonyl (C=O) groups is 2. The molecule has 4 aromatic rings.